The smallest absolute Gasteiger partial charge is 0.223 e. The molecule has 0 bridgehead atoms. The van der Waals surface area contributed by atoms with Crippen LogP contribution in [0.1, 0.15) is 44.6 Å². The van der Waals surface area contributed by atoms with E-state index >= 15 is 0 Å². The zero-order chi connectivity index (χ0) is 15.2. The van der Waals surface area contributed by atoms with Gasteiger partial charge >= 0.3 is 0 Å². The summed E-state index contributed by atoms with van der Waals surface area (Å²) in [7, 11) is 0. The Morgan fingerprint density at radius 3 is 2.81 bits per heavy atom. The molecule has 0 saturated heterocycles. The van der Waals surface area contributed by atoms with E-state index in [9.17, 15) is 14.3 Å². The Balaban J connectivity index is 1.81. The standard InChI is InChI=1S/C17H24FNO2/c1-12(10-11-13-6-2-3-7-14(13)18)17(21)19-15-8-4-5-9-16(15)20/h2-3,6-7,12,15-16,20H,4-5,8-11H2,1H3,(H,19,21). The van der Waals surface area contributed by atoms with Gasteiger partial charge in [0, 0.05) is 5.92 Å². The van der Waals surface area contributed by atoms with Crippen LogP contribution in [0, 0.1) is 11.7 Å². The van der Waals surface area contributed by atoms with E-state index in [0.717, 1.165) is 25.7 Å². The molecule has 3 nitrogen and oxygen atoms in total. The fourth-order valence-corrected chi connectivity index (χ4v) is 2.81. The third-order valence-electron chi connectivity index (χ3n) is 4.31. The molecule has 1 aliphatic carbocycles. The number of benzene rings is 1. The average molecular weight is 293 g/mol. The Kier molecular flexibility index (Phi) is 5.74. The van der Waals surface area contributed by atoms with Crippen LogP contribution in [0.15, 0.2) is 24.3 Å². The minimum absolute atomic E-state index is 0.0442. The van der Waals surface area contributed by atoms with Gasteiger partial charge in [0.1, 0.15) is 5.82 Å². The van der Waals surface area contributed by atoms with Crippen LogP contribution in [0.2, 0.25) is 0 Å². The summed E-state index contributed by atoms with van der Waals surface area (Å²) >= 11 is 0. The highest BCUT2D eigenvalue weighted by Gasteiger charge is 2.26. The Morgan fingerprint density at radius 2 is 2.10 bits per heavy atom. The number of carbonyl (C=O) groups is 1. The Hall–Kier alpha value is -1.42. The van der Waals surface area contributed by atoms with Gasteiger partial charge < -0.3 is 10.4 Å². The summed E-state index contributed by atoms with van der Waals surface area (Å²) in [4.78, 5) is 12.1. The summed E-state index contributed by atoms with van der Waals surface area (Å²) in [6.07, 6.45) is 4.40. The van der Waals surface area contributed by atoms with Crippen LogP contribution in [-0.2, 0) is 11.2 Å². The quantitative estimate of drug-likeness (QED) is 0.877. The Bertz CT molecular complexity index is 478. The fourth-order valence-electron chi connectivity index (χ4n) is 2.81. The number of aliphatic hydroxyl groups is 1. The first-order valence-corrected chi connectivity index (χ1v) is 7.79. The predicted octanol–water partition coefficient (Wildman–Crippen LogP) is 2.81. The minimum atomic E-state index is -0.429. The van der Waals surface area contributed by atoms with E-state index in [2.05, 4.69) is 5.32 Å². The highest BCUT2D eigenvalue weighted by Crippen LogP contribution is 2.19. The van der Waals surface area contributed by atoms with Crippen LogP contribution in [0.3, 0.4) is 0 Å². The Labute approximate surface area is 125 Å². The van der Waals surface area contributed by atoms with Gasteiger partial charge in [0.2, 0.25) is 5.91 Å². The van der Waals surface area contributed by atoms with Gasteiger partial charge in [-0.3, -0.25) is 4.79 Å². The van der Waals surface area contributed by atoms with E-state index in [-0.39, 0.29) is 23.7 Å². The van der Waals surface area contributed by atoms with E-state index in [1.807, 2.05) is 13.0 Å². The minimum Gasteiger partial charge on any atom is -0.391 e. The molecule has 0 aromatic heterocycles. The number of aliphatic hydroxyl groups excluding tert-OH is 1. The van der Waals surface area contributed by atoms with Crippen LogP contribution < -0.4 is 5.32 Å². The molecule has 1 amide bonds. The maximum Gasteiger partial charge on any atom is 0.223 e. The SMILES string of the molecule is CC(CCc1ccccc1F)C(=O)NC1CCCCC1O. The van der Waals surface area contributed by atoms with E-state index in [1.165, 1.54) is 6.07 Å². The summed E-state index contributed by atoms with van der Waals surface area (Å²) < 4.78 is 13.5. The molecule has 3 atom stereocenters. The molecule has 0 aliphatic heterocycles. The lowest BCUT2D eigenvalue weighted by Gasteiger charge is -2.29. The van der Waals surface area contributed by atoms with Crippen molar-refractivity contribution < 1.29 is 14.3 Å². The lowest BCUT2D eigenvalue weighted by Crippen LogP contribution is -2.46. The average Bonchev–Trinajstić information content (AvgIpc) is 2.48. The van der Waals surface area contributed by atoms with E-state index in [0.29, 0.717) is 18.4 Å². The molecule has 2 rings (SSSR count). The van der Waals surface area contributed by atoms with Gasteiger partial charge in [-0.05, 0) is 37.3 Å². The molecule has 0 radical (unpaired) electrons. The highest BCUT2D eigenvalue weighted by molar-refractivity contribution is 5.78. The van der Waals surface area contributed by atoms with Crippen molar-refractivity contribution in [1.29, 1.82) is 0 Å². The molecule has 116 valence electrons. The summed E-state index contributed by atoms with van der Waals surface area (Å²) in [5, 5.41) is 12.8. The number of halogens is 1. The van der Waals surface area contributed by atoms with Crippen molar-refractivity contribution in [3.63, 3.8) is 0 Å². The van der Waals surface area contributed by atoms with Crippen molar-refractivity contribution in [3.8, 4) is 0 Å². The first kappa shape index (κ1) is 16.0. The molecule has 1 aliphatic rings. The molecule has 0 heterocycles. The second kappa shape index (κ2) is 7.55. The van der Waals surface area contributed by atoms with Crippen molar-refractivity contribution in [2.75, 3.05) is 0 Å². The van der Waals surface area contributed by atoms with Gasteiger partial charge in [-0.1, -0.05) is 38.0 Å². The Morgan fingerprint density at radius 1 is 1.38 bits per heavy atom. The number of nitrogens with one attached hydrogen (secondary N) is 1. The lowest BCUT2D eigenvalue weighted by molar-refractivity contribution is -0.126. The largest absolute Gasteiger partial charge is 0.391 e. The van der Waals surface area contributed by atoms with Crippen molar-refractivity contribution in [2.45, 2.75) is 57.6 Å². The summed E-state index contributed by atoms with van der Waals surface area (Å²) in [6.45, 7) is 1.85. The van der Waals surface area contributed by atoms with Crippen molar-refractivity contribution in [3.05, 3.63) is 35.6 Å². The molecule has 0 spiro atoms. The van der Waals surface area contributed by atoms with E-state index in [4.69, 9.17) is 0 Å². The number of aryl methyl sites for hydroxylation is 1. The normalized spacial score (nSPS) is 23.6. The maximum atomic E-state index is 13.5. The lowest BCUT2D eigenvalue weighted by atomic mass is 9.91. The van der Waals surface area contributed by atoms with Gasteiger partial charge in [-0.15, -0.1) is 0 Å². The highest BCUT2D eigenvalue weighted by atomic mass is 19.1. The molecule has 21 heavy (non-hydrogen) atoms. The number of carbonyl (C=O) groups excluding carboxylic acids is 1. The summed E-state index contributed by atoms with van der Waals surface area (Å²) in [6, 6.07) is 6.55. The zero-order valence-corrected chi connectivity index (χ0v) is 12.5. The van der Waals surface area contributed by atoms with Gasteiger partial charge in [-0.25, -0.2) is 4.39 Å². The van der Waals surface area contributed by atoms with Gasteiger partial charge in [0.15, 0.2) is 0 Å². The second-order valence-electron chi connectivity index (χ2n) is 6.00. The van der Waals surface area contributed by atoms with Crippen molar-refractivity contribution in [2.24, 2.45) is 5.92 Å². The monoisotopic (exact) mass is 293 g/mol. The second-order valence-corrected chi connectivity index (χ2v) is 6.00. The first-order chi connectivity index (χ1) is 10.1. The molecule has 1 fully saturated rings. The van der Waals surface area contributed by atoms with Crippen LogP contribution in [0.25, 0.3) is 0 Å². The topological polar surface area (TPSA) is 49.3 Å². The number of rotatable bonds is 5. The molecule has 1 aromatic carbocycles. The number of amides is 1. The third-order valence-corrected chi connectivity index (χ3v) is 4.31. The van der Waals surface area contributed by atoms with Crippen molar-refractivity contribution in [1.82, 2.24) is 5.32 Å². The molecular formula is C17H24FNO2. The van der Waals surface area contributed by atoms with Crippen LogP contribution in [-0.4, -0.2) is 23.2 Å². The molecule has 1 aromatic rings. The molecule has 1 saturated carbocycles. The van der Waals surface area contributed by atoms with Crippen molar-refractivity contribution >= 4 is 5.91 Å². The summed E-state index contributed by atoms with van der Waals surface area (Å²) in [5.41, 5.74) is 0.648. The third kappa shape index (κ3) is 4.53. The van der Waals surface area contributed by atoms with E-state index < -0.39 is 6.10 Å². The summed E-state index contributed by atoms with van der Waals surface area (Å²) in [5.74, 6) is -0.441. The number of hydrogen-bond acceptors (Lipinski definition) is 2. The van der Waals surface area contributed by atoms with Crippen LogP contribution >= 0.6 is 0 Å². The number of hydrogen-bond donors (Lipinski definition) is 2. The van der Waals surface area contributed by atoms with Crippen LogP contribution in [0.4, 0.5) is 4.39 Å². The molecular weight excluding hydrogens is 269 g/mol. The maximum absolute atomic E-state index is 13.5. The molecule has 4 heteroatoms. The zero-order valence-electron chi connectivity index (χ0n) is 12.5. The van der Waals surface area contributed by atoms with Crippen LogP contribution in [0.5, 0.6) is 0 Å². The fraction of sp³-hybridized carbons (Fsp3) is 0.588. The van der Waals surface area contributed by atoms with Gasteiger partial charge in [0.05, 0.1) is 12.1 Å². The molecule has 3 unspecified atom stereocenters. The molecule has 2 N–H and O–H groups in total. The van der Waals surface area contributed by atoms with E-state index in [1.54, 1.807) is 12.1 Å². The van der Waals surface area contributed by atoms with Gasteiger partial charge in [0.25, 0.3) is 0 Å². The first-order valence-electron chi connectivity index (χ1n) is 7.79. The predicted molar refractivity (Wildman–Crippen MR) is 80.3 cm³/mol. The van der Waals surface area contributed by atoms with Gasteiger partial charge in [-0.2, -0.15) is 0 Å².